The van der Waals surface area contributed by atoms with Crippen molar-refractivity contribution < 1.29 is 8.78 Å². The van der Waals surface area contributed by atoms with Gasteiger partial charge in [0.1, 0.15) is 0 Å². The minimum atomic E-state index is -2.21. The summed E-state index contributed by atoms with van der Waals surface area (Å²) in [5.74, 6) is 0.541. The molecular weight excluding hydrogens is 483 g/mol. The fourth-order valence-corrected chi connectivity index (χ4v) is 5.99. The molecule has 182 valence electrons. The predicted molar refractivity (Wildman–Crippen MR) is 142 cm³/mol. The Morgan fingerprint density at radius 1 is 0.886 bits per heavy atom. The van der Waals surface area contributed by atoms with Crippen LogP contribution in [0.1, 0.15) is 47.1 Å². The Morgan fingerprint density at radius 2 is 1.66 bits per heavy atom. The molecule has 35 heavy (non-hydrogen) atoms. The molecule has 1 saturated heterocycles. The smallest absolute Gasteiger partial charge is 0.239 e. The number of alkyl halides is 2. The van der Waals surface area contributed by atoms with E-state index in [9.17, 15) is 8.78 Å². The fraction of sp³-hybridized carbons (Fsp3) is 0.333. The zero-order valence-electron chi connectivity index (χ0n) is 19.6. The second kappa shape index (κ2) is 10.8. The molecule has 5 rings (SSSR count). The average molecular weight is 512 g/mol. The molecular formula is C30H29Cl2F2N. The molecule has 0 radical (unpaired) electrons. The maximum atomic E-state index is 12.4. The first-order valence-corrected chi connectivity index (χ1v) is 13.1. The summed E-state index contributed by atoms with van der Waals surface area (Å²) < 4.78 is 24.9. The van der Waals surface area contributed by atoms with E-state index in [0.717, 1.165) is 44.3 Å². The van der Waals surface area contributed by atoms with Crippen LogP contribution in [-0.2, 0) is 12.8 Å². The van der Waals surface area contributed by atoms with Crippen LogP contribution in [-0.4, -0.2) is 31.0 Å². The van der Waals surface area contributed by atoms with E-state index in [0.29, 0.717) is 22.5 Å². The van der Waals surface area contributed by atoms with Gasteiger partial charge in [0.05, 0.1) is 0 Å². The number of allylic oxidation sites excluding steroid dienone is 1. The van der Waals surface area contributed by atoms with Crippen molar-refractivity contribution >= 4 is 34.3 Å². The molecule has 3 aromatic rings. The topological polar surface area (TPSA) is 3.24 Å². The van der Waals surface area contributed by atoms with E-state index in [-0.39, 0.29) is 6.42 Å². The number of rotatable bonds is 7. The SMILES string of the molecule is FC(F)CCN1CC(Cc2ccc(C3=C(c4ccc(Cl)cc4Cl)CCCc4ccccc43)cc2)C1. The number of benzene rings is 3. The molecule has 0 spiro atoms. The van der Waals surface area contributed by atoms with Crippen LogP contribution < -0.4 is 0 Å². The summed E-state index contributed by atoms with van der Waals surface area (Å²) in [6.07, 6.45) is 1.79. The number of hydrogen-bond donors (Lipinski definition) is 0. The van der Waals surface area contributed by atoms with Crippen molar-refractivity contribution in [1.29, 1.82) is 0 Å². The molecule has 3 aromatic carbocycles. The van der Waals surface area contributed by atoms with Gasteiger partial charge in [-0.15, -0.1) is 0 Å². The molecule has 1 heterocycles. The summed E-state index contributed by atoms with van der Waals surface area (Å²) in [6.45, 7) is 2.31. The van der Waals surface area contributed by atoms with Crippen molar-refractivity contribution in [2.45, 2.75) is 38.5 Å². The third-order valence-electron chi connectivity index (χ3n) is 7.18. The molecule has 0 unspecified atom stereocenters. The number of aryl methyl sites for hydroxylation is 1. The Kier molecular flexibility index (Phi) is 7.57. The van der Waals surface area contributed by atoms with Crippen LogP contribution in [0.3, 0.4) is 0 Å². The normalized spacial score (nSPS) is 16.8. The van der Waals surface area contributed by atoms with Crippen LogP contribution in [0.2, 0.25) is 10.0 Å². The van der Waals surface area contributed by atoms with Crippen LogP contribution in [0.25, 0.3) is 11.1 Å². The molecule has 1 nitrogen and oxygen atoms in total. The van der Waals surface area contributed by atoms with E-state index >= 15 is 0 Å². The Balaban J connectivity index is 1.43. The van der Waals surface area contributed by atoms with Crippen LogP contribution in [0, 0.1) is 5.92 Å². The monoisotopic (exact) mass is 511 g/mol. The third-order valence-corrected chi connectivity index (χ3v) is 7.73. The molecule has 5 heteroatoms. The Morgan fingerprint density at radius 3 is 2.40 bits per heavy atom. The predicted octanol–water partition coefficient (Wildman–Crippen LogP) is 8.42. The maximum Gasteiger partial charge on any atom is 0.239 e. The van der Waals surface area contributed by atoms with Crippen molar-refractivity contribution in [2.75, 3.05) is 19.6 Å². The molecule has 1 aliphatic carbocycles. The molecule has 2 aliphatic rings. The van der Waals surface area contributed by atoms with Gasteiger partial charge in [0, 0.05) is 36.1 Å². The highest BCUT2D eigenvalue weighted by molar-refractivity contribution is 6.36. The molecule has 0 amide bonds. The van der Waals surface area contributed by atoms with Crippen molar-refractivity contribution in [3.8, 4) is 0 Å². The lowest BCUT2D eigenvalue weighted by Crippen LogP contribution is -2.48. The van der Waals surface area contributed by atoms with Gasteiger partial charge in [0.2, 0.25) is 6.43 Å². The van der Waals surface area contributed by atoms with Crippen LogP contribution >= 0.6 is 23.2 Å². The van der Waals surface area contributed by atoms with Gasteiger partial charge in [-0.2, -0.15) is 0 Å². The average Bonchev–Trinajstić information content (AvgIpc) is 3.00. The van der Waals surface area contributed by atoms with Crippen molar-refractivity contribution in [3.05, 3.63) is 105 Å². The zero-order chi connectivity index (χ0) is 24.4. The molecule has 0 N–H and O–H groups in total. The molecule has 0 aromatic heterocycles. The van der Waals surface area contributed by atoms with Gasteiger partial charge in [0.25, 0.3) is 0 Å². The van der Waals surface area contributed by atoms with Crippen molar-refractivity contribution in [1.82, 2.24) is 4.90 Å². The molecule has 0 bridgehead atoms. The standard InChI is InChI=1S/C30H29Cl2F2N/c31-24-12-13-26(28(32)17-24)27-7-3-5-22-4-1-2-6-25(22)30(27)23-10-8-20(9-11-23)16-21-18-35(19-21)15-14-29(33)34/h1-2,4,6,8-13,17,21,29H,3,5,7,14-16,18-19H2. The van der Waals surface area contributed by atoms with Crippen molar-refractivity contribution in [2.24, 2.45) is 5.92 Å². The van der Waals surface area contributed by atoms with Gasteiger partial charge in [-0.3, -0.25) is 0 Å². The van der Waals surface area contributed by atoms with Gasteiger partial charge in [-0.05, 0) is 82.7 Å². The maximum absolute atomic E-state index is 12.4. The quantitative estimate of drug-likeness (QED) is 0.307. The highest BCUT2D eigenvalue weighted by Crippen LogP contribution is 2.42. The Bertz CT molecular complexity index is 1210. The highest BCUT2D eigenvalue weighted by atomic mass is 35.5. The molecule has 1 fully saturated rings. The first-order chi connectivity index (χ1) is 17.0. The van der Waals surface area contributed by atoms with Crippen LogP contribution in [0.4, 0.5) is 8.78 Å². The lowest BCUT2D eigenvalue weighted by Gasteiger charge is -2.39. The molecule has 0 saturated carbocycles. The van der Waals surface area contributed by atoms with Gasteiger partial charge in [0.15, 0.2) is 0 Å². The number of fused-ring (bicyclic) bond motifs is 1. The fourth-order valence-electron chi connectivity index (χ4n) is 5.47. The van der Waals surface area contributed by atoms with Gasteiger partial charge in [-0.25, -0.2) is 8.78 Å². The lowest BCUT2D eigenvalue weighted by atomic mass is 9.86. The third kappa shape index (κ3) is 5.63. The number of halogens is 4. The summed E-state index contributed by atoms with van der Waals surface area (Å²) in [5.41, 5.74) is 8.67. The lowest BCUT2D eigenvalue weighted by molar-refractivity contribution is 0.0626. The van der Waals surface area contributed by atoms with E-state index in [2.05, 4.69) is 53.4 Å². The van der Waals surface area contributed by atoms with Crippen molar-refractivity contribution in [3.63, 3.8) is 0 Å². The van der Waals surface area contributed by atoms with Gasteiger partial charge < -0.3 is 4.90 Å². The van der Waals surface area contributed by atoms with E-state index in [1.807, 2.05) is 18.2 Å². The molecule has 0 atom stereocenters. The summed E-state index contributed by atoms with van der Waals surface area (Å²) in [6, 6.07) is 23.3. The Hall–Kier alpha value is -2.20. The van der Waals surface area contributed by atoms with Gasteiger partial charge in [-0.1, -0.05) is 77.8 Å². The highest BCUT2D eigenvalue weighted by Gasteiger charge is 2.27. The number of nitrogens with zero attached hydrogens (tertiary/aromatic N) is 1. The second-order valence-electron chi connectivity index (χ2n) is 9.69. The van der Waals surface area contributed by atoms with Crippen LogP contribution in [0.15, 0.2) is 66.7 Å². The number of likely N-dealkylation sites (tertiary alicyclic amines) is 1. The van der Waals surface area contributed by atoms with Gasteiger partial charge >= 0.3 is 0 Å². The number of hydrogen-bond acceptors (Lipinski definition) is 1. The zero-order valence-corrected chi connectivity index (χ0v) is 21.1. The summed E-state index contributed by atoms with van der Waals surface area (Å²) in [4.78, 5) is 2.13. The summed E-state index contributed by atoms with van der Waals surface area (Å²) in [5, 5.41) is 1.32. The van der Waals surface area contributed by atoms with Crippen LogP contribution in [0.5, 0.6) is 0 Å². The first-order valence-electron chi connectivity index (χ1n) is 12.3. The van der Waals surface area contributed by atoms with E-state index in [1.54, 1.807) is 0 Å². The van der Waals surface area contributed by atoms with E-state index in [1.165, 1.54) is 33.4 Å². The minimum absolute atomic E-state index is 0.0298. The molecule has 1 aliphatic heterocycles. The Labute approximate surface area is 216 Å². The minimum Gasteiger partial charge on any atom is -0.302 e. The first kappa shape index (κ1) is 24.5. The largest absolute Gasteiger partial charge is 0.302 e. The second-order valence-corrected chi connectivity index (χ2v) is 10.5. The summed E-state index contributed by atoms with van der Waals surface area (Å²) in [7, 11) is 0. The van der Waals surface area contributed by atoms with E-state index < -0.39 is 6.43 Å². The summed E-state index contributed by atoms with van der Waals surface area (Å²) >= 11 is 12.9. The van der Waals surface area contributed by atoms with E-state index in [4.69, 9.17) is 23.2 Å².